The Balaban J connectivity index is 1.77. The predicted octanol–water partition coefficient (Wildman–Crippen LogP) is 1.06. The van der Waals surface area contributed by atoms with Crippen molar-refractivity contribution in [2.24, 2.45) is 11.8 Å². The maximum atomic E-state index is 11.5. The smallest absolute Gasteiger partial charge is 0.141 e. The summed E-state index contributed by atoms with van der Waals surface area (Å²) in [6.45, 7) is 2.17. The summed E-state index contributed by atoms with van der Waals surface area (Å²) < 4.78 is 0. The summed E-state index contributed by atoms with van der Waals surface area (Å²) in [5, 5.41) is 0. The quantitative estimate of drug-likeness (QED) is 0.579. The number of hydrogen-bond acceptors (Lipinski definition) is 2. The van der Waals surface area contributed by atoms with Crippen LogP contribution in [0.25, 0.3) is 0 Å². The van der Waals surface area contributed by atoms with Crippen molar-refractivity contribution >= 4 is 5.78 Å². The van der Waals surface area contributed by atoms with E-state index in [-0.39, 0.29) is 0 Å². The van der Waals surface area contributed by atoms with Crippen molar-refractivity contribution < 1.29 is 4.79 Å². The lowest BCUT2D eigenvalue weighted by Gasteiger charge is -2.30. The molecule has 0 spiro atoms. The Kier molecular flexibility index (Phi) is 1.37. The van der Waals surface area contributed by atoms with E-state index in [9.17, 15) is 4.79 Å². The monoisotopic (exact) mass is 165 g/mol. The molecule has 12 heavy (non-hydrogen) atoms. The average molecular weight is 165 g/mol. The molecular formula is C10H15NO. The Hall–Kier alpha value is -0.370. The van der Waals surface area contributed by atoms with E-state index in [1.165, 1.54) is 25.7 Å². The molecule has 2 saturated carbocycles. The van der Waals surface area contributed by atoms with E-state index in [4.69, 9.17) is 0 Å². The summed E-state index contributed by atoms with van der Waals surface area (Å²) in [4.78, 5) is 14.1. The van der Waals surface area contributed by atoms with E-state index in [1.54, 1.807) is 0 Å². The van der Waals surface area contributed by atoms with Gasteiger partial charge in [-0.15, -0.1) is 0 Å². The number of likely N-dealkylation sites (tertiary alicyclic amines) is 1. The lowest BCUT2D eigenvalue weighted by molar-refractivity contribution is -0.127. The minimum Gasteiger partial charge on any atom is -0.299 e. The van der Waals surface area contributed by atoms with Crippen LogP contribution in [0.4, 0.5) is 0 Å². The van der Waals surface area contributed by atoms with Gasteiger partial charge < -0.3 is 0 Å². The van der Waals surface area contributed by atoms with E-state index >= 15 is 0 Å². The molecule has 2 aliphatic carbocycles. The molecule has 0 unspecified atom stereocenters. The highest BCUT2D eigenvalue weighted by Crippen LogP contribution is 2.38. The molecular weight excluding hydrogens is 150 g/mol. The van der Waals surface area contributed by atoms with Crippen molar-refractivity contribution in [2.45, 2.75) is 31.7 Å². The molecule has 1 aliphatic heterocycles. The zero-order chi connectivity index (χ0) is 8.13. The first kappa shape index (κ1) is 7.07. The third-order valence-electron chi connectivity index (χ3n) is 3.64. The van der Waals surface area contributed by atoms with Crippen LogP contribution < -0.4 is 0 Å². The van der Waals surface area contributed by atoms with Gasteiger partial charge in [0.05, 0.1) is 0 Å². The molecule has 3 fully saturated rings. The number of rotatable bonds is 1. The molecule has 0 aromatic heterocycles. The molecule has 0 amide bonds. The van der Waals surface area contributed by atoms with Gasteiger partial charge in [-0.2, -0.15) is 0 Å². The first-order valence-electron chi connectivity index (χ1n) is 5.12. The molecule has 2 bridgehead atoms. The first-order chi connectivity index (χ1) is 5.84. The highest BCUT2D eigenvalue weighted by Gasteiger charge is 2.44. The fourth-order valence-electron chi connectivity index (χ4n) is 2.76. The lowest BCUT2D eigenvalue weighted by atomic mass is 9.97. The molecule has 0 aromatic carbocycles. The van der Waals surface area contributed by atoms with Crippen molar-refractivity contribution in [3.05, 3.63) is 0 Å². The van der Waals surface area contributed by atoms with E-state index in [1.807, 2.05) is 0 Å². The molecule has 2 nitrogen and oxygen atoms in total. The predicted molar refractivity (Wildman–Crippen MR) is 45.8 cm³/mol. The SMILES string of the molecule is O=C1[C@@H]2CC[C@@H]1CN(C1CC1)C2. The fraction of sp³-hybridized carbons (Fsp3) is 0.900. The largest absolute Gasteiger partial charge is 0.299 e. The second-order valence-corrected chi connectivity index (χ2v) is 4.56. The van der Waals surface area contributed by atoms with Gasteiger partial charge in [0.1, 0.15) is 5.78 Å². The van der Waals surface area contributed by atoms with E-state index in [0.717, 1.165) is 19.1 Å². The summed E-state index contributed by atoms with van der Waals surface area (Å²) in [7, 11) is 0. The number of nitrogens with zero attached hydrogens (tertiary/aromatic N) is 1. The molecule has 0 radical (unpaired) electrons. The molecule has 1 heterocycles. The average Bonchev–Trinajstić information content (AvgIpc) is 2.87. The van der Waals surface area contributed by atoms with Crippen LogP contribution in [0.3, 0.4) is 0 Å². The summed E-state index contributed by atoms with van der Waals surface area (Å²) in [6.07, 6.45) is 5.11. The maximum absolute atomic E-state index is 11.5. The minimum absolute atomic E-state index is 0.421. The second-order valence-electron chi connectivity index (χ2n) is 4.56. The Morgan fingerprint density at radius 2 is 1.58 bits per heavy atom. The fourth-order valence-corrected chi connectivity index (χ4v) is 2.76. The normalized spacial score (nSPS) is 42.2. The molecule has 0 aromatic rings. The highest BCUT2D eigenvalue weighted by molar-refractivity contribution is 5.86. The Labute approximate surface area is 72.9 Å². The molecule has 2 atom stereocenters. The minimum atomic E-state index is 0.421. The number of carbonyl (C=O) groups excluding carboxylic acids is 1. The van der Waals surface area contributed by atoms with E-state index in [0.29, 0.717) is 17.6 Å². The third kappa shape index (κ3) is 0.939. The van der Waals surface area contributed by atoms with Crippen molar-refractivity contribution in [2.75, 3.05) is 13.1 Å². The van der Waals surface area contributed by atoms with Crippen LogP contribution in [0.1, 0.15) is 25.7 Å². The highest BCUT2D eigenvalue weighted by atomic mass is 16.1. The standard InChI is InChI=1S/C10H15NO/c12-10-7-1-2-8(10)6-11(5-7)9-3-4-9/h7-9H,1-6H2/t7-,8-/m1/s1. The number of Topliss-reactive ketones (excluding diaryl/α,β-unsaturated/α-hetero) is 1. The van der Waals surface area contributed by atoms with Gasteiger partial charge >= 0.3 is 0 Å². The van der Waals surface area contributed by atoms with Crippen molar-refractivity contribution in [3.8, 4) is 0 Å². The molecule has 3 rings (SSSR count). The van der Waals surface area contributed by atoms with E-state index < -0.39 is 0 Å². The number of fused-ring (bicyclic) bond motifs is 2. The van der Waals surface area contributed by atoms with Gasteiger partial charge in [-0.1, -0.05) is 0 Å². The summed E-state index contributed by atoms with van der Waals surface area (Å²) in [6, 6.07) is 0.862. The van der Waals surface area contributed by atoms with E-state index in [2.05, 4.69) is 4.90 Å². The summed E-state index contributed by atoms with van der Waals surface area (Å²) >= 11 is 0. The lowest BCUT2D eigenvalue weighted by Crippen LogP contribution is -2.43. The number of piperidine rings is 1. The second kappa shape index (κ2) is 2.32. The van der Waals surface area contributed by atoms with Gasteiger partial charge in [-0.05, 0) is 25.7 Å². The van der Waals surface area contributed by atoms with Crippen molar-refractivity contribution in [1.82, 2.24) is 4.90 Å². The van der Waals surface area contributed by atoms with Crippen LogP contribution in [0, 0.1) is 11.8 Å². The van der Waals surface area contributed by atoms with Crippen molar-refractivity contribution in [1.29, 1.82) is 0 Å². The van der Waals surface area contributed by atoms with Crippen LogP contribution in [-0.4, -0.2) is 29.8 Å². The zero-order valence-electron chi connectivity index (χ0n) is 7.33. The Morgan fingerprint density at radius 1 is 1.00 bits per heavy atom. The molecule has 2 heteroatoms. The Morgan fingerprint density at radius 3 is 2.08 bits per heavy atom. The van der Waals surface area contributed by atoms with Crippen LogP contribution in [0.2, 0.25) is 0 Å². The van der Waals surface area contributed by atoms with Gasteiger partial charge in [0.25, 0.3) is 0 Å². The van der Waals surface area contributed by atoms with Crippen LogP contribution in [-0.2, 0) is 4.79 Å². The van der Waals surface area contributed by atoms with Gasteiger partial charge in [0.15, 0.2) is 0 Å². The van der Waals surface area contributed by atoms with Crippen LogP contribution in [0.15, 0.2) is 0 Å². The first-order valence-corrected chi connectivity index (χ1v) is 5.12. The number of carbonyl (C=O) groups is 1. The van der Waals surface area contributed by atoms with Gasteiger partial charge in [0, 0.05) is 31.0 Å². The third-order valence-corrected chi connectivity index (χ3v) is 3.64. The van der Waals surface area contributed by atoms with Gasteiger partial charge in [-0.25, -0.2) is 0 Å². The van der Waals surface area contributed by atoms with Crippen molar-refractivity contribution in [3.63, 3.8) is 0 Å². The van der Waals surface area contributed by atoms with Gasteiger partial charge in [-0.3, -0.25) is 9.69 Å². The molecule has 3 aliphatic rings. The van der Waals surface area contributed by atoms with Crippen LogP contribution >= 0.6 is 0 Å². The number of ketones is 1. The van der Waals surface area contributed by atoms with Crippen LogP contribution in [0.5, 0.6) is 0 Å². The Bertz CT molecular complexity index is 206. The molecule has 0 N–H and O–H groups in total. The number of hydrogen-bond donors (Lipinski definition) is 0. The zero-order valence-corrected chi connectivity index (χ0v) is 7.33. The van der Waals surface area contributed by atoms with Gasteiger partial charge in [0.2, 0.25) is 0 Å². The topological polar surface area (TPSA) is 20.3 Å². The molecule has 66 valence electrons. The summed E-state index contributed by atoms with van der Waals surface area (Å²) in [5.41, 5.74) is 0. The maximum Gasteiger partial charge on any atom is 0.141 e. The summed E-state index contributed by atoms with van der Waals surface area (Å²) in [5.74, 6) is 1.42. The molecule has 1 saturated heterocycles.